The number of carbonyl (C=O) groups is 4. The Hall–Kier alpha value is -5.94. The van der Waals surface area contributed by atoms with E-state index in [0.29, 0.717) is 25.2 Å². The van der Waals surface area contributed by atoms with Crippen LogP contribution < -0.4 is 20.7 Å². The highest BCUT2D eigenvalue weighted by molar-refractivity contribution is 5.86. The van der Waals surface area contributed by atoms with Crippen LogP contribution in [0.15, 0.2) is 115 Å². The molecule has 4 aromatic rings. The SMILES string of the molecule is O=C(CC1CC=CCCC(NC(=O)OCC2c3ccccc3-c3ccccc32)C(=O)OCCNC1=O)NC(CO)Cc1ccc(OCc2ccccc2)cc1. The number of fused-ring (bicyclic) bond motifs is 3. The van der Waals surface area contributed by atoms with Crippen LogP contribution in [0.5, 0.6) is 5.75 Å². The van der Waals surface area contributed by atoms with Gasteiger partial charge in [-0.1, -0.05) is 103 Å². The van der Waals surface area contributed by atoms with Gasteiger partial charge in [0.2, 0.25) is 11.8 Å². The first kappa shape index (κ1) is 38.8. The van der Waals surface area contributed by atoms with Gasteiger partial charge in [-0.25, -0.2) is 9.59 Å². The third-order valence-corrected chi connectivity index (χ3v) is 9.82. The largest absolute Gasteiger partial charge is 0.489 e. The van der Waals surface area contributed by atoms with Crippen LogP contribution in [0, 0.1) is 5.92 Å². The predicted octanol–water partition coefficient (Wildman–Crippen LogP) is 5.60. The van der Waals surface area contributed by atoms with Gasteiger partial charge >= 0.3 is 12.1 Å². The van der Waals surface area contributed by atoms with E-state index in [0.717, 1.165) is 33.4 Å². The van der Waals surface area contributed by atoms with E-state index in [-0.39, 0.29) is 63.4 Å². The number of amides is 3. The summed E-state index contributed by atoms with van der Waals surface area (Å²) in [6.45, 7) is 0.216. The minimum absolute atomic E-state index is 0.0361. The smallest absolute Gasteiger partial charge is 0.407 e. The number of rotatable bonds is 12. The van der Waals surface area contributed by atoms with Gasteiger partial charge in [-0.2, -0.15) is 0 Å². The van der Waals surface area contributed by atoms with Crippen molar-refractivity contribution in [2.24, 2.45) is 5.92 Å². The summed E-state index contributed by atoms with van der Waals surface area (Å²) in [5.41, 5.74) is 6.38. The maximum atomic E-state index is 13.1. The second-order valence-corrected chi connectivity index (χ2v) is 13.7. The van der Waals surface area contributed by atoms with Crippen LogP contribution in [0.3, 0.4) is 0 Å². The van der Waals surface area contributed by atoms with Gasteiger partial charge < -0.3 is 35.3 Å². The number of aliphatic hydroxyl groups is 1. The van der Waals surface area contributed by atoms with E-state index in [9.17, 15) is 24.3 Å². The monoisotopic (exact) mass is 745 g/mol. The first-order valence-corrected chi connectivity index (χ1v) is 18.7. The second-order valence-electron chi connectivity index (χ2n) is 13.7. The van der Waals surface area contributed by atoms with E-state index in [2.05, 4.69) is 28.1 Å². The molecule has 286 valence electrons. The third kappa shape index (κ3) is 10.8. The van der Waals surface area contributed by atoms with Crippen LogP contribution in [-0.2, 0) is 36.9 Å². The van der Waals surface area contributed by atoms with E-state index >= 15 is 0 Å². The molecule has 6 rings (SSSR count). The van der Waals surface area contributed by atoms with Crippen molar-refractivity contribution in [3.05, 3.63) is 138 Å². The standard InChI is InChI=1S/C44H47N3O8/c48-27-33(25-30-19-21-34(22-20-30)54-28-31-11-3-1-4-12-31)46-41(49)26-32-13-5-2-6-18-40(43(51)53-24-23-45-42(32)50)47-44(52)55-29-39-37-16-9-7-14-35(37)36-15-8-10-17-38(36)39/h1-5,7-12,14-17,19-22,32-33,39-40,48H,6,13,18,23-29H2,(H,45,50)(H,46,49)(H,47,52). The van der Waals surface area contributed by atoms with Crippen molar-refractivity contribution < 1.29 is 38.5 Å². The maximum Gasteiger partial charge on any atom is 0.407 e. The van der Waals surface area contributed by atoms with Crippen molar-refractivity contribution in [3.63, 3.8) is 0 Å². The molecular weight excluding hydrogens is 698 g/mol. The zero-order valence-corrected chi connectivity index (χ0v) is 30.7. The Morgan fingerprint density at radius 3 is 2.25 bits per heavy atom. The summed E-state index contributed by atoms with van der Waals surface area (Å²) in [4.78, 5) is 52.1. The Morgan fingerprint density at radius 2 is 1.55 bits per heavy atom. The molecular formula is C44H47N3O8. The topological polar surface area (TPSA) is 152 Å². The van der Waals surface area contributed by atoms with Gasteiger partial charge in [0.15, 0.2) is 0 Å². The number of benzene rings is 4. The number of hydrogen-bond acceptors (Lipinski definition) is 8. The Kier molecular flexibility index (Phi) is 13.7. The number of hydrogen-bond donors (Lipinski definition) is 4. The number of cyclic esters (lactones) is 1. The zero-order chi connectivity index (χ0) is 38.4. The molecule has 1 aliphatic heterocycles. The van der Waals surface area contributed by atoms with Crippen LogP contribution in [0.4, 0.5) is 4.79 Å². The Labute approximate surface area is 321 Å². The molecule has 1 aliphatic carbocycles. The van der Waals surface area contributed by atoms with Crippen molar-refractivity contribution in [3.8, 4) is 16.9 Å². The van der Waals surface area contributed by atoms with Crippen molar-refractivity contribution in [1.29, 1.82) is 0 Å². The van der Waals surface area contributed by atoms with E-state index in [1.807, 2.05) is 97.1 Å². The van der Waals surface area contributed by atoms with Crippen molar-refractivity contribution in [2.75, 3.05) is 26.4 Å². The lowest BCUT2D eigenvalue weighted by Gasteiger charge is -2.20. The van der Waals surface area contributed by atoms with Crippen molar-refractivity contribution in [1.82, 2.24) is 16.0 Å². The molecule has 0 fully saturated rings. The van der Waals surface area contributed by atoms with Crippen molar-refractivity contribution in [2.45, 2.75) is 56.7 Å². The number of nitrogens with one attached hydrogen (secondary N) is 3. The summed E-state index contributed by atoms with van der Waals surface area (Å²) in [5.74, 6) is -1.43. The molecule has 4 aromatic carbocycles. The maximum absolute atomic E-state index is 13.1. The number of ether oxygens (including phenoxy) is 3. The average Bonchev–Trinajstić information content (AvgIpc) is 3.53. The number of alkyl carbamates (subject to hydrolysis) is 1. The molecule has 0 spiro atoms. The summed E-state index contributed by atoms with van der Waals surface area (Å²) >= 11 is 0. The molecule has 3 atom stereocenters. The fourth-order valence-electron chi connectivity index (χ4n) is 6.95. The van der Waals surface area contributed by atoms with Crippen LogP contribution in [0.25, 0.3) is 11.1 Å². The van der Waals surface area contributed by atoms with Crippen LogP contribution >= 0.6 is 0 Å². The Morgan fingerprint density at radius 1 is 0.855 bits per heavy atom. The minimum Gasteiger partial charge on any atom is -0.489 e. The van der Waals surface area contributed by atoms with Gasteiger partial charge in [-0.3, -0.25) is 9.59 Å². The minimum atomic E-state index is -0.952. The summed E-state index contributed by atoms with van der Waals surface area (Å²) in [5, 5.41) is 18.3. The van der Waals surface area contributed by atoms with Gasteiger partial charge in [0, 0.05) is 12.3 Å². The van der Waals surface area contributed by atoms with E-state index in [1.165, 1.54) is 0 Å². The molecule has 0 radical (unpaired) electrons. The number of aliphatic hydroxyl groups excluding tert-OH is 1. The van der Waals surface area contributed by atoms with E-state index in [4.69, 9.17) is 14.2 Å². The van der Waals surface area contributed by atoms with Crippen LogP contribution in [-0.4, -0.2) is 67.4 Å². The average molecular weight is 746 g/mol. The summed E-state index contributed by atoms with van der Waals surface area (Å²) in [6, 6.07) is 32.0. The molecule has 4 N–H and O–H groups in total. The molecule has 0 bridgehead atoms. The highest BCUT2D eigenvalue weighted by atomic mass is 16.6. The molecule has 11 heteroatoms. The van der Waals surface area contributed by atoms with Gasteiger partial charge in [-0.05, 0) is 71.2 Å². The lowest BCUT2D eigenvalue weighted by Crippen LogP contribution is -2.43. The molecule has 3 unspecified atom stereocenters. The fraction of sp³-hybridized carbons (Fsp3) is 0.318. The fourth-order valence-corrected chi connectivity index (χ4v) is 6.95. The lowest BCUT2D eigenvalue weighted by atomic mass is 9.98. The molecule has 11 nitrogen and oxygen atoms in total. The molecule has 0 saturated carbocycles. The quantitative estimate of drug-likeness (QED) is 0.108. The molecule has 2 aliphatic rings. The number of allylic oxidation sites excluding steroid dienone is 2. The second kappa shape index (κ2) is 19.4. The molecule has 0 aromatic heterocycles. The number of esters is 1. The molecule has 1 heterocycles. The normalized spacial score (nSPS) is 17.8. The third-order valence-electron chi connectivity index (χ3n) is 9.82. The summed E-state index contributed by atoms with van der Waals surface area (Å²) < 4.78 is 16.9. The first-order chi connectivity index (χ1) is 26.9. The summed E-state index contributed by atoms with van der Waals surface area (Å²) in [6.07, 6.45) is 4.15. The van der Waals surface area contributed by atoms with E-state index in [1.54, 1.807) is 6.08 Å². The highest BCUT2D eigenvalue weighted by Gasteiger charge is 2.30. The van der Waals surface area contributed by atoms with Crippen LogP contribution in [0.2, 0.25) is 0 Å². The molecule has 55 heavy (non-hydrogen) atoms. The highest BCUT2D eigenvalue weighted by Crippen LogP contribution is 2.44. The Balaban J connectivity index is 0.971. The van der Waals surface area contributed by atoms with Gasteiger partial charge in [0.25, 0.3) is 0 Å². The lowest BCUT2D eigenvalue weighted by molar-refractivity contribution is -0.146. The number of carbonyl (C=O) groups excluding carboxylic acids is 4. The predicted molar refractivity (Wildman–Crippen MR) is 207 cm³/mol. The van der Waals surface area contributed by atoms with Gasteiger partial charge in [0.1, 0.15) is 31.6 Å². The first-order valence-electron chi connectivity index (χ1n) is 18.7. The zero-order valence-electron chi connectivity index (χ0n) is 30.7. The van der Waals surface area contributed by atoms with Crippen LogP contribution in [0.1, 0.15) is 53.9 Å². The van der Waals surface area contributed by atoms with Gasteiger partial charge in [0.05, 0.1) is 25.1 Å². The Bertz CT molecular complexity index is 1900. The molecule has 3 amide bonds. The summed E-state index contributed by atoms with van der Waals surface area (Å²) in [7, 11) is 0. The molecule has 0 saturated heterocycles. The van der Waals surface area contributed by atoms with E-state index < -0.39 is 30.1 Å². The van der Waals surface area contributed by atoms with Crippen molar-refractivity contribution >= 4 is 23.9 Å². The van der Waals surface area contributed by atoms with Gasteiger partial charge in [-0.15, -0.1) is 0 Å².